The van der Waals surface area contributed by atoms with Crippen molar-refractivity contribution >= 4 is 11.9 Å². The van der Waals surface area contributed by atoms with E-state index in [1.807, 2.05) is 24.3 Å². The van der Waals surface area contributed by atoms with Gasteiger partial charge >= 0.3 is 11.9 Å². The number of alkyl halides is 2. The molecule has 4 nitrogen and oxygen atoms in total. The summed E-state index contributed by atoms with van der Waals surface area (Å²) in [5.74, 6) is -1.34. The third kappa shape index (κ3) is 7.80. The SMILES string of the molecule is FCF.O=C(Oc1ccc(F)cc1)c1ccc(Cc2ccc(C(=O)Oc3ccc(F)cc3)cc2)cc1. The largest absolute Gasteiger partial charge is 0.423 e. The van der Waals surface area contributed by atoms with Gasteiger partial charge in [-0.15, -0.1) is 0 Å². The fourth-order valence-corrected chi connectivity index (χ4v) is 3.09. The van der Waals surface area contributed by atoms with E-state index in [0.29, 0.717) is 17.5 Å². The number of halogens is 4. The topological polar surface area (TPSA) is 52.6 Å². The van der Waals surface area contributed by atoms with E-state index < -0.39 is 30.5 Å². The van der Waals surface area contributed by atoms with Crippen LogP contribution < -0.4 is 9.47 Å². The number of ether oxygens (including phenoxy) is 2. The fourth-order valence-electron chi connectivity index (χ4n) is 3.09. The second-order valence-corrected chi connectivity index (χ2v) is 7.36. The summed E-state index contributed by atoms with van der Waals surface area (Å²) in [6.07, 6.45) is 0.598. The lowest BCUT2D eigenvalue weighted by Crippen LogP contribution is -2.09. The van der Waals surface area contributed by atoms with Crippen molar-refractivity contribution in [3.05, 3.63) is 131 Å². The third-order valence-electron chi connectivity index (χ3n) is 4.84. The van der Waals surface area contributed by atoms with Gasteiger partial charge in [-0.3, -0.25) is 0 Å². The molecule has 0 saturated carbocycles. The van der Waals surface area contributed by atoms with Crippen LogP contribution in [0.3, 0.4) is 0 Å². The molecule has 0 bridgehead atoms. The molecule has 0 atom stereocenters. The third-order valence-corrected chi connectivity index (χ3v) is 4.84. The first-order valence-corrected chi connectivity index (χ1v) is 10.6. The Balaban J connectivity index is 0.00000115. The second-order valence-electron chi connectivity index (χ2n) is 7.36. The highest BCUT2D eigenvalue weighted by atomic mass is 19.3. The minimum absolute atomic E-state index is 0.267. The van der Waals surface area contributed by atoms with Crippen molar-refractivity contribution in [1.82, 2.24) is 0 Å². The van der Waals surface area contributed by atoms with Gasteiger partial charge in [0.05, 0.1) is 11.1 Å². The molecule has 4 rings (SSSR count). The lowest BCUT2D eigenvalue weighted by molar-refractivity contribution is 0.0725. The Labute approximate surface area is 204 Å². The average molecular weight is 496 g/mol. The Kier molecular flexibility index (Phi) is 9.33. The van der Waals surface area contributed by atoms with Crippen LogP contribution in [0.25, 0.3) is 0 Å². The highest BCUT2D eigenvalue weighted by Gasteiger charge is 2.11. The van der Waals surface area contributed by atoms with Crippen molar-refractivity contribution in [3.63, 3.8) is 0 Å². The maximum atomic E-state index is 13.0. The Hall–Kier alpha value is -4.46. The van der Waals surface area contributed by atoms with E-state index in [-0.39, 0.29) is 11.5 Å². The smallest absolute Gasteiger partial charge is 0.343 e. The Bertz CT molecular complexity index is 1170. The molecule has 0 spiro atoms. The zero-order chi connectivity index (χ0) is 25.9. The Morgan fingerprint density at radius 1 is 0.528 bits per heavy atom. The van der Waals surface area contributed by atoms with E-state index in [1.54, 1.807) is 24.3 Å². The minimum Gasteiger partial charge on any atom is -0.423 e. The molecule has 0 saturated heterocycles. The summed E-state index contributed by atoms with van der Waals surface area (Å²) in [5.41, 5.74) is 2.69. The van der Waals surface area contributed by atoms with Gasteiger partial charge in [0.25, 0.3) is 0 Å². The van der Waals surface area contributed by atoms with Crippen molar-refractivity contribution in [3.8, 4) is 11.5 Å². The molecule has 8 heteroatoms. The highest BCUT2D eigenvalue weighted by molar-refractivity contribution is 5.91. The van der Waals surface area contributed by atoms with Crippen LogP contribution in [-0.2, 0) is 6.42 Å². The maximum absolute atomic E-state index is 13.0. The van der Waals surface area contributed by atoms with E-state index in [0.717, 1.165) is 11.1 Å². The number of esters is 2. The standard InChI is InChI=1S/C27H18F2O4.CH2F2/c28-22-9-13-24(14-10-22)32-26(30)20-5-1-18(2-6-20)17-19-3-7-21(8-4-19)27(31)33-25-15-11-23(29)12-16-25;2-1-3/h1-16H,17H2;1H2. The number of hydrogen-bond acceptors (Lipinski definition) is 4. The molecule has 0 aromatic heterocycles. The van der Waals surface area contributed by atoms with Crippen molar-refractivity contribution in [1.29, 1.82) is 0 Å². The Morgan fingerprint density at radius 3 is 1.14 bits per heavy atom. The molecule has 0 unspecified atom stereocenters. The summed E-state index contributed by atoms with van der Waals surface area (Å²) < 4.78 is 55.6. The number of carbonyl (C=O) groups excluding carboxylic acids is 2. The summed E-state index contributed by atoms with van der Waals surface area (Å²) >= 11 is 0. The van der Waals surface area contributed by atoms with Gasteiger partial charge in [-0.05, 0) is 90.3 Å². The highest BCUT2D eigenvalue weighted by Crippen LogP contribution is 2.17. The molecule has 0 aliphatic carbocycles. The van der Waals surface area contributed by atoms with Gasteiger partial charge in [-0.1, -0.05) is 24.3 Å². The molecule has 0 aliphatic heterocycles. The average Bonchev–Trinajstić information content (AvgIpc) is 2.88. The molecule has 0 fully saturated rings. The first kappa shape index (κ1) is 26.2. The van der Waals surface area contributed by atoms with Gasteiger partial charge < -0.3 is 9.47 Å². The van der Waals surface area contributed by atoms with Crippen LogP contribution >= 0.6 is 0 Å². The predicted octanol–water partition coefficient (Wildman–Crippen LogP) is 6.88. The lowest BCUT2D eigenvalue weighted by atomic mass is 10.0. The zero-order valence-corrected chi connectivity index (χ0v) is 18.8. The van der Waals surface area contributed by atoms with Crippen LogP contribution in [-0.4, -0.2) is 18.9 Å². The minimum atomic E-state index is -1.75. The molecule has 36 heavy (non-hydrogen) atoms. The maximum Gasteiger partial charge on any atom is 0.343 e. The van der Waals surface area contributed by atoms with Crippen LogP contribution in [0, 0.1) is 11.6 Å². The van der Waals surface area contributed by atoms with Crippen molar-refractivity contribution in [2.45, 2.75) is 6.42 Å². The van der Waals surface area contributed by atoms with E-state index in [4.69, 9.17) is 9.47 Å². The lowest BCUT2D eigenvalue weighted by Gasteiger charge is -2.07. The number of hydrogen-bond donors (Lipinski definition) is 0. The summed E-state index contributed by atoms with van der Waals surface area (Å²) in [6.45, 7) is -1.75. The molecular weight excluding hydrogens is 476 g/mol. The van der Waals surface area contributed by atoms with Crippen LogP contribution in [0.5, 0.6) is 11.5 Å². The van der Waals surface area contributed by atoms with Gasteiger partial charge in [0, 0.05) is 0 Å². The van der Waals surface area contributed by atoms with Gasteiger partial charge in [0.15, 0.2) is 0 Å². The van der Waals surface area contributed by atoms with Crippen LogP contribution in [0.4, 0.5) is 17.6 Å². The zero-order valence-electron chi connectivity index (χ0n) is 18.8. The number of carbonyl (C=O) groups is 2. The van der Waals surface area contributed by atoms with Crippen molar-refractivity contribution in [2.75, 3.05) is 6.93 Å². The van der Waals surface area contributed by atoms with E-state index in [9.17, 15) is 27.2 Å². The number of benzene rings is 4. The molecule has 0 N–H and O–H groups in total. The second kappa shape index (κ2) is 12.9. The molecular formula is C28H20F4O4. The molecule has 0 amide bonds. The summed E-state index contributed by atoms with van der Waals surface area (Å²) in [4.78, 5) is 24.5. The van der Waals surface area contributed by atoms with Crippen LogP contribution in [0.2, 0.25) is 0 Å². The molecule has 0 aliphatic rings. The molecule has 0 radical (unpaired) electrons. The fraction of sp³-hybridized carbons (Fsp3) is 0.0714. The first-order chi connectivity index (χ1) is 17.4. The van der Waals surface area contributed by atoms with Crippen molar-refractivity contribution in [2.24, 2.45) is 0 Å². The first-order valence-electron chi connectivity index (χ1n) is 10.6. The van der Waals surface area contributed by atoms with Gasteiger partial charge in [-0.25, -0.2) is 27.2 Å². The van der Waals surface area contributed by atoms with Crippen LogP contribution in [0.15, 0.2) is 97.1 Å². The van der Waals surface area contributed by atoms with Gasteiger partial charge in [-0.2, -0.15) is 0 Å². The Morgan fingerprint density at radius 2 is 0.833 bits per heavy atom. The quantitative estimate of drug-likeness (QED) is 0.166. The summed E-state index contributed by atoms with van der Waals surface area (Å²) in [5, 5.41) is 0. The predicted molar refractivity (Wildman–Crippen MR) is 125 cm³/mol. The summed E-state index contributed by atoms with van der Waals surface area (Å²) in [6, 6.07) is 24.4. The number of rotatable bonds is 6. The van der Waals surface area contributed by atoms with E-state index in [1.165, 1.54) is 48.5 Å². The van der Waals surface area contributed by atoms with Crippen LogP contribution in [0.1, 0.15) is 31.8 Å². The van der Waals surface area contributed by atoms with E-state index in [2.05, 4.69) is 0 Å². The van der Waals surface area contributed by atoms with Gasteiger partial charge in [0.2, 0.25) is 6.93 Å². The molecule has 4 aromatic rings. The monoisotopic (exact) mass is 496 g/mol. The molecule has 0 heterocycles. The molecule has 184 valence electrons. The van der Waals surface area contributed by atoms with Gasteiger partial charge in [0.1, 0.15) is 23.1 Å². The summed E-state index contributed by atoms with van der Waals surface area (Å²) in [7, 11) is 0. The van der Waals surface area contributed by atoms with E-state index >= 15 is 0 Å². The normalized spacial score (nSPS) is 10.1. The molecule has 4 aromatic carbocycles. The van der Waals surface area contributed by atoms with Crippen molar-refractivity contribution < 1.29 is 36.6 Å².